The molecule has 1 saturated carbocycles. The minimum atomic E-state index is -0.695. The van der Waals surface area contributed by atoms with Crippen LogP contribution in [-0.4, -0.2) is 9.67 Å². The molecule has 3 heterocycles. The van der Waals surface area contributed by atoms with Crippen LogP contribution in [0.2, 0.25) is 0 Å². The summed E-state index contributed by atoms with van der Waals surface area (Å²) in [7, 11) is 0. The van der Waals surface area contributed by atoms with Crippen LogP contribution >= 0.6 is 11.8 Å². The lowest BCUT2D eigenvalue weighted by atomic mass is 9.68. The van der Waals surface area contributed by atoms with Crippen molar-refractivity contribution in [3.63, 3.8) is 0 Å². The van der Waals surface area contributed by atoms with Crippen LogP contribution in [0.1, 0.15) is 48.9 Å². The van der Waals surface area contributed by atoms with Crippen molar-refractivity contribution in [2.24, 2.45) is 0 Å². The molecule has 2 aromatic carbocycles. The minimum absolute atomic E-state index is 0.0290. The normalized spacial score (nSPS) is 16.1. The molecule has 2 aromatic heterocycles. The van der Waals surface area contributed by atoms with Crippen LogP contribution in [0.25, 0.3) is 16.7 Å². The van der Waals surface area contributed by atoms with Gasteiger partial charge in [0, 0.05) is 22.1 Å². The largest absolute Gasteiger partial charge is 0.505 e. The lowest BCUT2D eigenvalue weighted by Crippen LogP contribution is -2.31. The van der Waals surface area contributed by atoms with Gasteiger partial charge in [0.15, 0.2) is 5.75 Å². The van der Waals surface area contributed by atoms with Gasteiger partial charge in [-0.2, -0.15) is 0 Å². The lowest BCUT2D eigenvalue weighted by Gasteiger charge is -2.34. The zero-order chi connectivity index (χ0) is 23.6. The molecule has 1 N–H and O–H groups in total. The third-order valence-electron chi connectivity index (χ3n) is 7.17. The van der Waals surface area contributed by atoms with E-state index in [2.05, 4.69) is 0 Å². The molecule has 6 rings (SSSR count). The average Bonchev–Trinajstić information content (AvgIpc) is 3.07. The number of hydrogen-bond acceptors (Lipinski definition) is 5. The standard InChI is InChI=1S/C27H22FNO4S/c1-15-5-8-17(9-6-15)34-24-23(30)22-20(33-26(24)32)14-21-27(11-3-2-4-12-27)18-13-16(28)7-10-19(18)29(21)25(22)31/h5-10,13-14,30H,2-4,11-12H2,1H3. The molecule has 5 nitrogen and oxygen atoms in total. The molecule has 1 fully saturated rings. The number of fused-ring (bicyclic) bond motifs is 6. The summed E-state index contributed by atoms with van der Waals surface area (Å²) in [5, 5.41) is 11.1. The van der Waals surface area contributed by atoms with Gasteiger partial charge < -0.3 is 9.52 Å². The first-order valence-corrected chi connectivity index (χ1v) is 12.2. The molecule has 2 aliphatic rings. The smallest absolute Gasteiger partial charge is 0.354 e. The van der Waals surface area contributed by atoms with E-state index in [9.17, 15) is 19.1 Å². The summed E-state index contributed by atoms with van der Waals surface area (Å²) < 4.78 is 21.5. The molecule has 172 valence electrons. The van der Waals surface area contributed by atoms with Crippen molar-refractivity contribution in [2.75, 3.05) is 0 Å². The number of pyridine rings is 1. The average molecular weight is 476 g/mol. The van der Waals surface area contributed by atoms with Crippen molar-refractivity contribution < 1.29 is 13.9 Å². The molecular formula is C27H22FNO4S. The van der Waals surface area contributed by atoms with Gasteiger partial charge in [-0.05, 0) is 55.7 Å². The molecule has 1 aliphatic heterocycles. The molecule has 7 heteroatoms. The molecule has 0 unspecified atom stereocenters. The summed E-state index contributed by atoms with van der Waals surface area (Å²) >= 11 is 1.06. The van der Waals surface area contributed by atoms with Crippen molar-refractivity contribution in [1.82, 2.24) is 4.57 Å². The highest BCUT2D eigenvalue weighted by atomic mass is 32.2. The third-order valence-corrected chi connectivity index (χ3v) is 8.24. The number of aromatic hydroxyl groups is 1. The van der Waals surface area contributed by atoms with Crippen molar-refractivity contribution in [2.45, 2.75) is 54.2 Å². The van der Waals surface area contributed by atoms with Crippen LogP contribution < -0.4 is 11.2 Å². The summed E-state index contributed by atoms with van der Waals surface area (Å²) in [6.07, 6.45) is 4.57. The minimum Gasteiger partial charge on any atom is -0.505 e. The SMILES string of the molecule is Cc1ccc(Sc2c(O)c3c(=O)n4c(cc3oc2=O)C2(CCCCC2)c2cc(F)ccc2-4)cc1. The predicted molar refractivity (Wildman–Crippen MR) is 129 cm³/mol. The van der Waals surface area contributed by atoms with E-state index in [4.69, 9.17) is 4.42 Å². The topological polar surface area (TPSA) is 72.4 Å². The molecule has 34 heavy (non-hydrogen) atoms. The Morgan fingerprint density at radius 3 is 2.50 bits per heavy atom. The molecule has 1 aliphatic carbocycles. The molecule has 4 aromatic rings. The lowest BCUT2D eigenvalue weighted by molar-refractivity contribution is 0.345. The molecule has 0 saturated heterocycles. The van der Waals surface area contributed by atoms with Crippen LogP contribution in [0, 0.1) is 12.7 Å². The zero-order valence-corrected chi connectivity index (χ0v) is 19.4. The molecular weight excluding hydrogens is 453 g/mol. The van der Waals surface area contributed by atoms with E-state index in [1.807, 2.05) is 31.2 Å². The Morgan fingerprint density at radius 1 is 1.03 bits per heavy atom. The van der Waals surface area contributed by atoms with Gasteiger partial charge >= 0.3 is 5.63 Å². The molecule has 1 spiro atoms. The molecule has 0 atom stereocenters. The zero-order valence-electron chi connectivity index (χ0n) is 18.6. The number of halogens is 1. The van der Waals surface area contributed by atoms with E-state index in [0.29, 0.717) is 11.4 Å². The number of nitrogens with zero attached hydrogens (tertiary/aromatic N) is 1. The second kappa shape index (κ2) is 7.60. The van der Waals surface area contributed by atoms with Crippen LogP contribution in [0.4, 0.5) is 4.39 Å². The Labute approximate surface area is 198 Å². The van der Waals surface area contributed by atoms with E-state index < -0.39 is 16.6 Å². The van der Waals surface area contributed by atoms with Gasteiger partial charge in [-0.3, -0.25) is 9.36 Å². The van der Waals surface area contributed by atoms with Crippen LogP contribution in [0.5, 0.6) is 5.75 Å². The molecule has 0 amide bonds. The first-order valence-electron chi connectivity index (χ1n) is 11.4. The first kappa shape index (κ1) is 21.2. The Morgan fingerprint density at radius 2 is 1.76 bits per heavy atom. The van der Waals surface area contributed by atoms with Gasteiger partial charge in [0.25, 0.3) is 5.56 Å². The number of benzene rings is 2. The van der Waals surface area contributed by atoms with Gasteiger partial charge in [-0.15, -0.1) is 0 Å². The van der Waals surface area contributed by atoms with Crippen molar-refractivity contribution in [3.8, 4) is 11.4 Å². The summed E-state index contributed by atoms with van der Waals surface area (Å²) in [6.45, 7) is 1.96. The van der Waals surface area contributed by atoms with Gasteiger partial charge in [0.2, 0.25) is 0 Å². The van der Waals surface area contributed by atoms with E-state index in [1.165, 1.54) is 12.1 Å². The molecule has 0 radical (unpaired) electrons. The van der Waals surface area contributed by atoms with Crippen LogP contribution in [0.3, 0.4) is 0 Å². The fourth-order valence-corrected chi connectivity index (χ4v) is 6.38. The number of aromatic nitrogens is 1. The van der Waals surface area contributed by atoms with Gasteiger partial charge in [0.05, 0.1) is 5.69 Å². The van der Waals surface area contributed by atoms with E-state index >= 15 is 0 Å². The Bertz CT molecular complexity index is 1580. The Hall–Kier alpha value is -3.32. The molecule has 0 bridgehead atoms. The van der Waals surface area contributed by atoms with Crippen LogP contribution in [0.15, 0.2) is 72.3 Å². The fourth-order valence-electron chi connectivity index (χ4n) is 5.55. The van der Waals surface area contributed by atoms with Crippen LogP contribution in [-0.2, 0) is 5.41 Å². The fraction of sp³-hybridized carbons (Fsp3) is 0.259. The summed E-state index contributed by atoms with van der Waals surface area (Å²) in [4.78, 5) is 27.4. The van der Waals surface area contributed by atoms with Gasteiger partial charge in [-0.1, -0.05) is 48.7 Å². The summed E-state index contributed by atoms with van der Waals surface area (Å²) in [5.74, 6) is -0.731. The van der Waals surface area contributed by atoms with Gasteiger partial charge in [-0.25, -0.2) is 9.18 Å². The summed E-state index contributed by atoms with van der Waals surface area (Å²) in [5.41, 5.74) is 1.58. The van der Waals surface area contributed by atoms with Crippen molar-refractivity contribution in [1.29, 1.82) is 0 Å². The maximum Gasteiger partial charge on any atom is 0.354 e. The van der Waals surface area contributed by atoms with E-state index in [1.54, 1.807) is 16.7 Å². The highest BCUT2D eigenvalue weighted by molar-refractivity contribution is 7.99. The van der Waals surface area contributed by atoms with E-state index in [0.717, 1.165) is 59.9 Å². The Kier molecular flexibility index (Phi) is 4.74. The quantitative estimate of drug-likeness (QED) is 0.396. The predicted octanol–water partition coefficient (Wildman–Crippen LogP) is 5.81. The van der Waals surface area contributed by atoms with Gasteiger partial charge in [0.1, 0.15) is 21.7 Å². The number of rotatable bonds is 2. The van der Waals surface area contributed by atoms with Crippen molar-refractivity contribution in [3.05, 3.63) is 91.9 Å². The van der Waals surface area contributed by atoms with Crippen molar-refractivity contribution >= 4 is 22.7 Å². The first-order chi connectivity index (χ1) is 16.4. The number of aryl methyl sites for hydroxylation is 1. The second-order valence-electron chi connectivity index (χ2n) is 9.20. The van der Waals surface area contributed by atoms with E-state index in [-0.39, 0.29) is 27.4 Å². The maximum absolute atomic E-state index is 14.3. The number of hydrogen-bond donors (Lipinski definition) is 1. The highest BCUT2D eigenvalue weighted by Gasteiger charge is 2.45. The maximum atomic E-state index is 14.3. The monoisotopic (exact) mass is 475 g/mol. The third kappa shape index (κ3) is 2.99. The summed E-state index contributed by atoms with van der Waals surface area (Å²) in [6, 6.07) is 13.7. The highest BCUT2D eigenvalue weighted by Crippen LogP contribution is 2.52. The second-order valence-corrected chi connectivity index (χ2v) is 10.3. The Balaban J connectivity index is 1.62.